The molecule has 3 aromatic rings. The molecule has 7 heteroatoms. The minimum absolute atomic E-state index is 0.0394. The number of rotatable bonds is 6. The van der Waals surface area contributed by atoms with E-state index in [0.717, 1.165) is 22.4 Å². The van der Waals surface area contributed by atoms with Crippen LogP contribution in [0.4, 0.5) is 5.69 Å². The van der Waals surface area contributed by atoms with Crippen LogP contribution in [0.3, 0.4) is 0 Å². The Morgan fingerprint density at radius 3 is 2.55 bits per heavy atom. The van der Waals surface area contributed by atoms with Crippen LogP contribution in [-0.2, 0) is 4.79 Å². The van der Waals surface area contributed by atoms with Gasteiger partial charge in [0.1, 0.15) is 5.82 Å². The van der Waals surface area contributed by atoms with Gasteiger partial charge in [-0.2, -0.15) is 0 Å². The maximum atomic E-state index is 13.6. The van der Waals surface area contributed by atoms with E-state index >= 15 is 0 Å². The third-order valence-corrected chi connectivity index (χ3v) is 8.22. The van der Waals surface area contributed by atoms with Crippen LogP contribution in [0.2, 0.25) is 0 Å². The van der Waals surface area contributed by atoms with Gasteiger partial charge in [-0.1, -0.05) is 54.2 Å². The van der Waals surface area contributed by atoms with Crippen molar-refractivity contribution in [2.24, 2.45) is 0 Å². The second-order valence-electron chi connectivity index (χ2n) is 8.47. The van der Waals surface area contributed by atoms with Gasteiger partial charge < -0.3 is 9.47 Å². The summed E-state index contributed by atoms with van der Waals surface area (Å²) in [5.74, 6) is 3.08. The molecule has 5 nitrogen and oxygen atoms in total. The molecule has 2 aliphatic carbocycles. The van der Waals surface area contributed by atoms with E-state index in [1.165, 1.54) is 36.1 Å². The molecule has 31 heavy (non-hydrogen) atoms. The van der Waals surface area contributed by atoms with Crippen LogP contribution >= 0.6 is 23.5 Å². The summed E-state index contributed by atoms with van der Waals surface area (Å²) in [7, 11) is 0. The van der Waals surface area contributed by atoms with Gasteiger partial charge >= 0.3 is 0 Å². The van der Waals surface area contributed by atoms with Gasteiger partial charge in [0.25, 0.3) is 0 Å². The molecule has 158 valence electrons. The van der Waals surface area contributed by atoms with E-state index in [4.69, 9.17) is 0 Å². The van der Waals surface area contributed by atoms with E-state index in [1.807, 2.05) is 34.9 Å². The quantitative estimate of drug-likeness (QED) is 0.469. The molecule has 2 aromatic carbocycles. The molecule has 2 saturated carbocycles. The highest BCUT2D eigenvalue weighted by Crippen LogP contribution is 2.47. The summed E-state index contributed by atoms with van der Waals surface area (Å²) < 4.78 is 2.32. The summed E-state index contributed by atoms with van der Waals surface area (Å²) in [4.78, 5) is 16.8. The Labute approximate surface area is 190 Å². The van der Waals surface area contributed by atoms with Crippen molar-refractivity contribution in [1.82, 2.24) is 14.8 Å². The molecule has 1 amide bonds. The van der Waals surface area contributed by atoms with Crippen molar-refractivity contribution in [2.45, 2.75) is 53.7 Å². The lowest BCUT2D eigenvalue weighted by Crippen LogP contribution is -2.39. The second kappa shape index (κ2) is 8.02. The van der Waals surface area contributed by atoms with E-state index in [0.29, 0.717) is 17.7 Å². The monoisotopic (exact) mass is 448 g/mol. The van der Waals surface area contributed by atoms with Gasteiger partial charge in [-0.05, 0) is 43.4 Å². The maximum Gasteiger partial charge on any atom is 0.238 e. The SMILES string of the molecule is O=C(CSc1nnc(C2CC2)n1C1CC1)N1c2ccccc2SCC1c1ccccc1. The average Bonchev–Trinajstić information content (AvgIpc) is 3.76. The largest absolute Gasteiger partial charge is 0.303 e. The Hall–Kier alpha value is -2.25. The third-order valence-electron chi connectivity index (χ3n) is 6.16. The van der Waals surface area contributed by atoms with Gasteiger partial charge in [0, 0.05) is 22.6 Å². The smallest absolute Gasteiger partial charge is 0.238 e. The van der Waals surface area contributed by atoms with Gasteiger partial charge in [-0.3, -0.25) is 4.79 Å². The number of anilines is 1. The standard InChI is InChI=1S/C24H24N4OS2/c29-22(15-31-24-26-25-23(17-10-11-17)27(24)18-12-13-18)28-19-8-4-5-9-21(19)30-14-20(28)16-6-2-1-3-7-16/h1-9,17-18,20H,10-15H2. The molecule has 1 aliphatic heterocycles. The van der Waals surface area contributed by atoms with E-state index in [-0.39, 0.29) is 11.9 Å². The van der Waals surface area contributed by atoms with Gasteiger partial charge in [-0.25, -0.2) is 0 Å². The maximum absolute atomic E-state index is 13.6. The number of hydrogen-bond acceptors (Lipinski definition) is 5. The van der Waals surface area contributed by atoms with E-state index in [1.54, 1.807) is 11.8 Å². The lowest BCUT2D eigenvalue weighted by molar-refractivity contribution is -0.116. The molecular weight excluding hydrogens is 424 g/mol. The zero-order chi connectivity index (χ0) is 20.8. The first kappa shape index (κ1) is 19.4. The Balaban J connectivity index is 1.27. The van der Waals surface area contributed by atoms with Crippen LogP contribution in [0.1, 0.15) is 55.1 Å². The third kappa shape index (κ3) is 3.78. The van der Waals surface area contributed by atoms with Gasteiger partial charge in [0.15, 0.2) is 5.16 Å². The van der Waals surface area contributed by atoms with Gasteiger partial charge in [-0.15, -0.1) is 22.0 Å². The molecule has 0 radical (unpaired) electrons. The number of carbonyl (C=O) groups is 1. The molecule has 3 aliphatic rings. The average molecular weight is 449 g/mol. The van der Waals surface area contributed by atoms with Crippen LogP contribution in [0.5, 0.6) is 0 Å². The van der Waals surface area contributed by atoms with E-state index < -0.39 is 0 Å². The molecule has 2 fully saturated rings. The molecular formula is C24H24N4OS2. The van der Waals surface area contributed by atoms with Gasteiger partial charge in [0.2, 0.25) is 5.91 Å². The fraction of sp³-hybridized carbons (Fsp3) is 0.375. The summed E-state index contributed by atoms with van der Waals surface area (Å²) >= 11 is 3.37. The fourth-order valence-electron chi connectivity index (χ4n) is 4.30. The molecule has 6 rings (SSSR count). The lowest BCUT2D eigenvalue weighted by atomic mass is 10.1. The van der Waals surface area contributed by atoms with Crippen molar-refractivity contribution in [3.8, 4) is 0 Å². The number of thioether (sulfide) groups is 2. The Bertz CT molecular complexity index is 1110. The highest BCUT2D eigenvalue weighted by atomic mass is 32.2. The molecule has 2 heterocycles. The summed E-state index contributed by atoms with van der Waals surface area (Å²) in [6, 6.07) is 19.2. The number of benzene rings is 2. The topological polar surface area (TPSA) is 51.0 Å². The van der Waals surface area contributed by atoms with Crippen LogP contribution in [-0.4, -0.2) is 32.2 Å². The predicted octanol–water partition coefficient (Wildman–Crippen LogP) is 5.46. The highest BCUT2D eigenvalue weighted by molar-refractivity contribution is 8.00. The van der Waals surface area contributed by atoms with E-state index in [2.05, 4.69) is 51.2 Å². The summed E-state index contributed by atoms with van der Waals surface area (Å²) in [6.45, 7) is 0. The van der Waals surface area contributed by atoms with Crippen molar-refractivity contribution in [1.29, 1.82) is 0 Å². The zero-order valence-electron chi connectivity index (χ0n) is 17.2. The highest BCUT2D eigenvalue weighted by Gasteiger charge is 2.37. The molecule has 0 bridgehead atoms. The Morgan fingerprint density at radius 2 is 1.77 bits per heavy atom. The number of aromatic nitrogens is 3. The normalized spacial score (nSPS) is 20.5. The van der Waals surface area contributed by atoms with Crippen LogP contribution in [0.25, 0.3) is 0 Å². The first-order valence-corrected chi connectivity index (χ1v) is 12.9. The summed E-state index contributed by atoms with van der Waals surface area (Å²) in [6.07, 6.45) is 4.84. The number of amides is 1. The zero-order valence-corrected chi connectivity index (χ0v) is 18.8. The number of nitrogens with zero attached hydrogens (tertiary/aromatic N) is 4. The second-order valence-corrected chi connectivity index (χ2v) is 10.5. The van der Waals surface area contributed by atoms with Crippen molar-refractivity contribution in [3.63, 3.8) is 0 Å². The lowest BCUT2D eigenvalue weighted by Gasteiger charge is -2.37. The number of hydrogen-bond donors (Lipinski definition) is 0. The Kier molecular flexibility index (Phi) is 5.03. The molecule has 1 aromatic heterocycles. The molecule has 0 spiro atoms. The Morgan fingerprint density at radius 1 is 1.00 bits per heavy atom. The van der Waals surface area contributed by atoms with Crippen LogP contribution in [0, 0.1) is 0 Å². The van der Waals surface area contributed by atoms with Gasteiger partial charge in [0.05, 0.1) is 17.5 Å². The van der Waals surface area contributed by atoms with Crippen molar-refractivity contribution < 1.29 is 4.79 Å². The minimum Gasteiger partial charge on any atom is -0.303 e. The molecule has 1 atom stereocenters. The predicted molar refractivity (Wildman–Crippen MR) is 125 cm³/mol. The minimum atomic E-state index is 0.0394. The first-order chi connectivity index (χ1) is 15.3. The van der Waals surface area contributed by atoms with Crippen molar-refractivity contribution in [3.05, 3.63) is 66.0 Å². The number of carbonyl (C=O) groups excluding carboxylic acids is 1. The summed E-state index contributed by atoms with van der Waals surface area (Å²) in [5, 5.41) is 9.88. The number of fused-ring (bicyclic) bond motifs is 1. The fourth-order valence-corrected chi connectivity index (χ4v) is 6.34. The molecule has 0 N–H and O–H groups in total. The van der Waals surface area contributed by atoms with Crippen molar-refractivity contribution >= 4 is 35.1 Å². The van der Waals surface area contributed by atoms with Crippen LogP contribution in [0.15, 0.2) is 64.6 Å². The van der Waals surface area contributed by atoms with Crippen molar-refractivity contribution in [2.75, 3.05) is 16.4 Å². The van der Waals surface area contributed by atoms with E-state index in [9.17, 15) is 4.79 Å². The first-order valence-electron chi connectivity index (χ1n) is 11.0. The summed E-state index contributed by atoms with van der Waals surface area (Å²) in [5.41, 5.74) is 2.19. The number of para-hydroxylation sites is 1. The molecule has 0 saturated heterocycles. The molecule has 1 unspecified atom stereocenters. The van der Waals surface area contributed by atoms with Crippen LogP contribution < -0.4 is 4.90 Å².